The number of halogens is 3. The number of rotatable bonds is 5. The number of nitrogens with one attached hydrogen (secondary N) is 1. The Kier molecular flexibility index (Phi) is 5.33. The summed E-state index contributed by atoms with van der Waals surface area (Å²) in [4.78, 5) is 17.5. The van der Waals surface area contributed by atoms with Crippen molar-refractivity contribution in [1.29, 1.82) is 5.26 Å². The number of carbonyl (C=O) groups excluding carboxylic acids is 1. The van der Waals surface area contributed by atoms with E-state index in [1.54, 1.807) is 6.20 Å². The zero-order chi connectivity index (χ0) is 22.0. The monoisotopic (exact) mass is 431 g/mol. The van der Waals surface area contributed by atoms with E-state index in [4.69, 9.17) is 4.42 Å². The van der Waals surface area contributed by atoms with Gasteiger partial charge in [0.25, 0.3) is 5.89 Å². The Morgan fingerprint density at radius 2 is 2.19 bits per heavy atom. The molecule has 3 aromatic rings. The first-order valence-corrected chi connectivity index (χ1v) is 9.28. The number of alkyl halides is 3. The van der Waals surface area contributed by atoms with Crippen LogP contribution in [0.15, 0.2) is 47.5 Å². The van der Waals surface area contributed by atoms with Crippen molar-refractivity contribution in [2.24, 2.45) is 0 Å². The third-order valence-electron chi connectivity index (χ3n) is 5.11. The minimum Gasteiger partial charge on any atom is -0.441 e. The van der Waals surface area contributed by atoms with E-state index in [1.807, 2.05) is 6.19 Å². The lowest BCUT2D eigenvalue weighted by Crippen LogP contribution is -2.29. The van der Waals surface area contributed by atoms with Gasteiger partial charge in [-0.1, -0.05) is 11.3 Å². The highest BCUT2D eigenvalue weighted by Crippen LogP contribution is 2.43. The van der Waals surface area contributed by atoms with Crippen molar-refractivity contribution in [2.45, 2.75) is 31.1 Å². The molecule has 0 saturated carbocycles. The molecule has 2 atom stereocenters. The molecule has 0 bridgehead atoms. The number of anilines is 1. The Balaban J connectivity index is 1.68. The van der Waals surface area contributed by atoms with Crippen molar-refractivity contribution in [3.05, 3.63) is 60.1 Å². The Morgan fingerprint density at radius 1 is 1.35 bits per heavy atom. The lowest BCUT2D eigenvalue weighted by molar-refractivity contribution is -0.138. The first-order chi connectivity index (χ1) is 14.9. The molecule has 3 heterocycles. The molecule has 1 aliphatic rings. The molecule has 160 valence electrons. The largest absolute Gasteiger partial charge is 0.441 e. The molecule has 4 rings (SSSR count). The van der Waals surface area contributed by atoms with E-state index in [9.17, 15) is 23.2 Å². The molecule has 0 spiro atoms. The molecule has 31 heavy (non-hydrogen) atoms. The normalized spacial score (nSPS) is 18.7. The Morgan fingerprint density at radius 3 is 2.84 bits per heavy atom. The smallest absolute Gasteiger partial charge is 0.416 e. The van der Waals surface area contributed by atoms with Crippen molar-refractivity contribution in [3.63, 3.8) is 0 Å². The molecule has 1 fully saturated rings. The predicted octanol–water partition coefficient (Wildman–Crippen LogP) is 2.88. The van der Waals surface area contributed by atoms with Gasteiger partial charge in [-0.3, -0.25) is 9.48 Å². The molecular weight excluding hydrogens is 415 g/mol. The van der Waals surface area contributed by atoms with Crippen molar-refractivity contribution in [1.82, 2.24) is 24.9 Å². The van der Waals surface area contributed by atoms with Crippen LogP contribution in [0, 0.1) is 11.5 Å². The standard InChI is InChI=1S/C19H16F3N7O2/c20-19(21,22)14-2-1-3-15(26-17(30)18-24-5-7-31-18)16(14)12-8-13(28(9-12)11-23)10-29-6-4-25-27-29/h1-7,12-13H,8-10H2,(H,26,30)/t12-,13+/m0/s1. The molecule has 1 amide bonds. The summed E-state index contributed by atoms with van der Waals surface area (Å²) in [6.45, 7) is 0.376. The number of nitriles is 1. The van der Waals surface area contributed by atoms with Crippen molar-refractivity contribution >= 4 is 11.6 Å². The highest BCUT2D eigenvalue weighted by atomic mass is 19.4. The van der Waals surface area contributed by atoms with Crippen LogP contribution in [0.25, 0.3) is 0 Å². The molecule has 1 N–H and O–H groups in total. The number of hydrogen-bond acceptors (Lipinski definition) is 7. The summed E-state index contributed by atoms with van der Waals surface area (Å²) >= 11 is 0. The first-order valence-electron chi connectivity index (χ1n) is 9.28. The zero-order valence-corrected chi connectivity index (χ0v) is 16.0. The molecule has 0 aliphatic carbocycles. The fourth-order valence-electron chi connectivity index (χ4n) is 3.84. The average molecular weight is 431 g/mol. The number of benzene rings is 1. The zero-order valence-electron chi connectivity index (χ0n) is 16.0. The Bertz CT molecular complexity index is 1090. The first kappa shape index (κ1) is 20.4. The molecule has 1 aromatic carbocycles. The lowest BCUT2D eigenvalue weighted by Gasteiger charge is -2.21. The minimum atomic E-state index is -4.64. The SMILES string of the molecule is N#CN1C[C@@H](c2c(NC(=O)c3ncco3)cccc2C(F)(F)F)C[C@@H]1Cn1ccnn1. The second kappa shape index (κ2) is 8.10. The van der Waals surface area contributed by atoms with Gasteiger partial charge in [0.1, 0.15) is 6.26 Å². The van der Waals surface area contributed by atoms with E-state index in [1.165, 1.54) is 40.4 Å². The summed E-state index contributed by atoms with van der Waals surface area (Å²) in [5, 5.41) is 19.6. The maximum absolute atomic E-state index is 13.8. The van der Waals surface area contributed by atoms with Crippen LogP contribution >= 0.6 is 0 Å². The van der Waals surface area contributed by atoms with Crippen LogP contribution < -0.4 is 5.32 Å². The van der Waals surface area contributed by atoms with Crippen LogP contribution in [0.2, 0.25) is 0 Å². The molecular formula is C19H16F3N7O2. The van der Waals surface area contributed by atoms with Crippen molar-refractivity contribution < 1.29 is 22.4 Å². The van der Waals surface area contributed by atoms with Gasteiger partial charge in [-0.2, -0.15) is 18.4 Å². The van der Waals surface area contributed by atoms with Crippen molar-refractivity contribution in [3.8, 4) is 6.19 Å². The topological polar surface area (TPSA) is 113 Å². The van der Waals surface area contributed by atoms with Crippen LogP contribution in [0.4, 0.5) is 18.9 Å². The quantitative estimate of drug-likeness (QED) is 0.618. The van der Waals surface area contributed by atoms with Crippen LogP contribution in [-0.4, -0.2) is 43.4 Å². The molecule has 0 radical (unpaired) electrons. The van der Waals surface area contributed by atoms with E-state index >= 15 is 0 Å². The third kappa shape index (κ3) is 4.20. The number of amides is 1. The van der Waals surface area contributed by atoms with Gasteiger partial charge in [0.2, 0.25) is 0 Å². The number of nitrogens with zero attached hydrogens (tertiary/aromatic N) is 6. The number of aromatic nitrogens is 4. The van der Waals surface area contributed by atoms with Gasteiger partial charge in [-0.25, -0.2) is 4.98 Å². The second-order valence-corrected chi connectivity index (χ2v) is 7.02. The number of carbonyl (C=O) groups is 1. The van der Waals surface area contributed by atoms with Gasteiger partial charge in [-0.15, -0.1) is 5.10 Å². The summed E-state index contributed by atoms with van der Waals surface area (Å²) in [6.07, 6.45) is 3.23. The van der Waals surface area contributed by atoms with E-state index in [-0.39, 0.29) is 36.1 Å². The molecule has 1 saturated heterocycles. The summed E-state index contributed by atoms with van der Waals surface area (Å²) in [5.41, 5.74) is -0.930. The highest BCUT2D eigenvalue weighted by Gasteiger charge is 2.41. The van der Waals surface area contributed by atoms with Crippen molar-refractivity contribution in [2.75, 3.05) is 11.9 Å². The van der Waals surface area contributed by atoms with E-state index in [0.29, 0.717) is 6.54 Å². The average Bonchev–Trinajstić information content (AvgIpc) is 3.49. The Labute approximate surface area is 174 Å². The lowest BCUT2D eigenvalue weighted by atomic mass is 9.90. The fraction of sp³-hybridized carbons (Fsp3) is 0.316. The summed E-state index contributed by atoms with van der Waals surface area (Å²) in [6, 6.07) is 3.22. The number of hydrogen-bond donors (Lipinski definition) is 1. The van der Waals surface area contributed by atoms with Crippen LogP contribution in [0.5, 0.6) is 0 Å². The Hall–Kier alpha value is -3.88. The summed E-state index contributed by atoms with van der Waals surface area (Å²) in [5.74, 6) is -1.68. The molecule has 12 heteroatoms. The van der Waals surface area contributed by atoms with Gasteiger partial charge in [0.05, 0.1) is 30.5 Å². The minimum absolute atomic E-state index is 0.00215. The van der Waals surface area contributed by atoms with Gasteiger partial charge in [0, 0.05) is 24.3 Å². The summed E-state index contributed by atoms with van der Waals surface area (Å²) in [7, 11) is 0. The van der Waals surface area contributed by atoms with Crippen LogP contribution in [0.3, 0.4) is 0 Å². The third-order valence-corrected chi connectivity index (χ3v) is 5.11. The maximum atomic E-state index is 13.8. The van der Waals surface area contributed by atoms with Crippen LogP contribution in [0.1, 0.15) is 34.2 Å². The molecule has 2 aromatic heterocycles. The van der Waals surface area contributed by atoms with E-state index in [0.717, 1.165) is 6.07 Å². The fourth-order valence-corrected chi connectivity index (χ4v) is 3.84. The van der Waals surface area contributed by atoms with Crippen LogP contribution in [-0.2, 0) is 12.7 Å². The molecule has 9 nitrogen and oxygen atoms in total. The van der Waals surface area contributed by atoms with E-state index in [2.05, 4.69) is 20.6 Å². The van der Waals surface area contributed by atoms with E-state index < -0.39 is 23.6 Å². The van der Waals surface area contributed by atoms with Gasteiger partial charge in [0.15, 0.2) is 6.19 Å². The molecule has 0 unspecified atom stereocenters. The number of oxazole rings is 1. The van der Waals surface area contributed by atoms with Gasteiger partial charge in [-0.05, 0) is 24.1 Å². The number of likely N-dealkylation sites (tertiary alicyclic amines) is 1. The highest BCUT2D eigenvalue weighted by molar-refractivity contribution is 6.01. The van der Waals surface area contributed by atoms with Gasteiger partial charge < -0.3 is 14.6 Å². The van der Waals surface area contributed by atoms with Gasteiger partial charge >= 0.3 is 12.1 Å². The predicted molar refractivity (Wildman–Crippen MR) is 99.4 cm³/mol. The molecule has 1 aliphatic heterocycles. The second-order valence-electron chi connectivity index (χ2n) is 7.02. The summed E-state index contributed by atoms with van der Waals surface area (Å²) < 4.78 is 47.9. The maximum Gasteiger partial charge on any atom is 0.416 e.